The molecule has 1 atom stereocenters. The third-order valence-electron chi connectivity index (χ3n) is 3.03. The third-order valence-corrected chi connectivity index (χ3v) is 3.81. The van der Waals surface area contributed by atoms with Crippen LogP contribution in [0.3, 0.4) is 0 Å². The van der Waals surface area contributed by atoms with Crippen LogP contribution in [0.2, 0.25) is 0 Å². The first kappa shape index (κ1) is 17.5. The highest BCUT2D eigenvalue weighted by molar-refractivity contribution is 9.10. The van der Waals surface area contributed by atoms with Gasteiger partial charge in [0.15, 0.2) is 0 Å². The van der Waals surface area contributed by atoms with Crippen LogP contribution in [-0.2, 0) is 11.2 Å². The van der Waals surface area contributed by atoms with E-state index in [4.69, 9.17) is 9.47 Å². The standard InChI is InChI=1S/C16H26BrNO2/c1-5-8-18-14(11-20-12(2)3)9-13-10-15(19-4)6-7-16(13)17/h6-7,10,12,14,18H,5,8-9,11H2,1-4H3. The Morgan fingerprint density at radius 3 is 2.65 bits per heavy atom. The fraction of sp³-hybridized carbons (Fsp3) is 0.625. The number of rotatable bonds is 9. The van der Waals surface area contributed by atoms with E-state index in [1.807, 2.05) is 12.1 Å². The summed E-state index contributed by atoms with van der Waals surface area (Å²) in [6, 6.07) is 6.40. The van der Waals surface area contributed by atoms with Gasteiger partial charge in [0.1, 0.15) is 5.75 Å². The van der Waals surface area contributed by atoms with Gasteiger partial charge in [-0.2, -0.15) is 0 Å². The number of hydrogen-bond acceptors (Lipinski definition) is 3. The van der Waals surface area contributed by atoms with Gasteiger partial charge in [-0.05, 0) is 57.0 Å². The normalized spacial score (nSPS) is 12.7. The molecule has 0 aromatic heterocycles. The van der Waals surface area contributed by atoms with Gasteiger partial charge < -0.3 is 14.8 Å². The molecule has 0 aliphatic heterocycles. The molecule has 0 aliphatic carbocycles. The molecule has 1 aromatic carbocycles. The number of methoxy groups -OCH3 is 1. The Balaban J connectivity index is 2.71. The van der Waals surface area contributed by atoms with Crippen LogP contribution in [0.1, 0.15) is 32.8 Å². The maximum atomic E-state index is 5.76. The van der Waals surface area contributed by atoms with E-state index in [1.165, 1.54) is 5.56 Å². The quantitative estimate of drug-likeness (QED) is 0.739. The third kappa shape index (κ3) is 6.25. The molecule has 20 heavy (non-hydrogen) atoms. The van der Waals surface area contributed by atoms with Crippen LogP contribution in [0.25, 0.3) is 0 Å². The molecule has 0 aliphatic rings. The van der Waals surface area contributed by atoms with E-state index in [0.29, 0.717) is 6.04 Å². The summed E-state index contributed by atoms with van der Waals surface area (Å²) in [6.07, 6.45) is 2.30. The smallest absolute Gasteiger partial charge is 0.119 e. The monoisotopic (exact) mass is 343 g/mol. The molecule has 0 saturated heterocycles. The Morgan fingerprint density at radius 1 is 1.30 bits per heavy atom. The molecular weight excluding hydrogens is 318 g/mol. The van der Waals surface area contributed by atoms with Gasteiger partial charge in [-0.3, -0.25) is 0 Å². The van der Waals surface area contributed by atoms with E-state index >= 15 is 0 Å². The summed E-state index contributed by atoms with van der Waals surface area (Å²) in [5.74, 6) is 0.891. The molecule has 1 rings (SSSR count). The maximum Gasteiger partial charge on any atom is 0.119 e. The summed E-state index contributed by atoms with van der Waals surface area (Å²) in [4.78, 5) is 0. The predicted molar refractivity (Wildman–Crippen MR) is 87.6 cm³/mol. The zero-order valence-electron chi connectivity index (χ0n) is 12.9. The highest BCUT2D eigenvalue weighted by Gasteiger charge is 2.13. The molecule has 1 unspecified atom stereocenters. The predicted octanol–water partition coefficient (Wildman–Crippen LogP) is 3.79. The van der Waals surface area contributed by atoms with Crippen molar-refractivity contribution >= 4 is 15.9 Å². The number of halogens is 1. The number of benzene rings is 1. The van der Waals surface area contributed by atoms with Crippen LogP contribution in [0.15, 0.2) is 22.7 Å². The maximum absolute atomic E-state index is 5.76. The van der Waals surface area contributed by atoms with E-state index in [-0.39, 0.29) is 6.10 Å². The second-order valence-electron chi connectivity index (χ2n) is 5.19. The fourth-order valence-corrected chi connectivity index (χ4v) is 2.36. The lowest BCUT2D eigenvalue weighted by molar-refractivity contribution is 0.0612. The minimum atomic E-state index is 0.259. The van der Waals surface area contributed by atoms with Crippen LogP contribution in [0, 0.1) is 0 Å². The van der Waals surface area contributed by atoms with Crippen LogP contribution in [0.5, 0.6) is 5.75 Å². The average molecular weight is 344 g/mol. The Bertz CT molecular complexity index is 396. The van der Waals surface area contributed by atoms with Gasteiger partial charge in [-0.25, -0.2) is 0 Å². The summed E-state index contributed by atoms with van der Waals surface area (Å²) < 4.78 is 12.2. The molecule has 0 fully saturated rings. The Kier molecular flexibility index (Phi) is 8.19. The summed E-state index contributed by atoms with van der Waals surface area (Å²) in [6.45, 7) is 8.04. The van der Waals surface area contributed by atoms with Gasteiger partial charge in [-0.1, -0.05) is 22.9 Å². The lowest BCUT2D eigenvalue weighted by atomic mass is 10.1. The second-order valence-corrected chi connectivity index (χ2v) is 6.05. The van der Waals surface area contributed by atoms with Crippen LogP contribution < -0.4 is 10.1 Å². The molecule has 1 N–H and O–H groups in total. The van der Waals surface area contributed by atoms with E-state index in [2.05, 4.69) is 48.1 Å². The average Bonchev–Trinajstić information content (AvgIpc) is 2.43. The molecule has 0 bridgehead atoms. The van der Waals surface area contributed by atoms with Crippen molar-refractivity contribution in [2.45, 2.75) is 45.8 Å². The molecule has 0 radical (unpaired) electrons. The van der Waals surface area contributed by atoms with Gasteiger partial charge >= 0.3 is 0 Å². The van der Waals surface area contributed by atoms with E-state index in [1.54, 1.807) is 7.11 Å². The molecule has 114 valence electrons. The Hall–Kier alpha value is -0.580. The molecule has 0 amide bonds. The molecular formula is C16H26BrNO2. The van der Waals surface area contributed by atoms with Crippen LogP contribution in [0.4, 0.5) is 0 Å². The summed E-state index contributed by atoms with van der Waals surface area (Å²) in [7, 11) is 1.70. The summed E-state index contributed by atoms with van der Waals surface area (Å²) in [5.41, 5.74) is 1.24. The van der Waals surface area contributed by atoms with Crippen molar-refractivity contribution in [3.8, 4) is 5.75 Å². The second kappa shape index (κ2) is 9.37. The largest absolute Gasteiger partial charge is 0.497 e. The topological polar surface area (TPSA) is 30.5 Å². The van der Waals surface area contributed by atoms with Gasteiger partial charge in [-0.15, -0.1) is 0 Å². The highest BCUT2D eigenvalue weighted by atomic mass is 79.9. The van der Waals surface area contributed by atoms with E-state index < -0.39 is 0 Å². The molecule has 0 spiro atoms. The number of nitrogens with one attached hydrogen (secondary N) is 1. The minimum absolute atomic E-state index is 0.259. The molecule has 0 saturated carbocycles. The number of ether oxygens (including phenoxy) is 2. The first-order chi connectivity index (χ1) is 9.56. The Morgan fingerprint density at radius 2 is 2.05 bits per heavy atom. The van der Waals surface area contributed by atoms with Crippen molar-refractivity contribution < 1.29 is 9.47 Å². The van der Waals surface area contributed by atoms with Gasteiger partial charge in [0.25, 0.3) is 0 Å². The lowest BCUT2D eigenvalue weighted by Gasteiger charge is -2.21. The van der Waals surface area contributed by atoms with E-state index in [0.717, 1.165) is 36.2 Å². The van der Waals surface area contributed by atoms with Gasteiger partial charge in [0, 0.05) is 10.5 Å². The lowest BCUT2D eigenvalue weighted by Crippen LogP contribution is -2.36. The van der Waals surface area contributed by atoms with Crippen molar-refractivity contribution in [3.05, 3.63) is 28.2 Å². The molecule has 4 heteroatoms. The Labute approximate surface area is 131 Å². The van der Waals surface area contributed by atoms with Crippen molar-refractivity contribution in [1.29, 1.82) is 0 Å². The van der Waals surface area contributed by atoms with Crippen molar-refractivity contribution in [2.75, 3.05) is 20.3 Å². The van der Waals surface area contributed by atoms with Crippen molar-refractivity contribution in [3.63, 3.8) is 0 Å². The molecule has 3 nitrogen and oxygen atoms in total. The zero-order chi connectivity index (χ0) is 15.0. The van der Waals surface area contributed by atoms with Crippen molar-refractivity contribution in [1.82, 2.24) is 5.32 Å². The summed E-state index contributed by atoms with van der Waals surface area (Å²) >= 11 is 3.61. The van der Waals surface area contributed by atoms with E-state index in [9.17, 15) is 0 Å². The highest BCUT2D eigenvalue weighted by Crippen LogP contribution is 2.23. The van der Waals surface area contributed by atoms with Crippen molar-refractivity contribution in [2.24, 2.45) is 0 Å². The first-order valence-electron chi connectivity index (χ1n) is 7.24. The van der Waals surface area contributed by atoms with Crippen LogP contribution in [-0.4, -0.2) is 32.4 Å². The number of hydrogen-bond donors (Lipinski definition) is 1. The molecule has 0 heterocycles. The fourth-order valence-electron chi connectivity index (χ4n) is 1.95. The van der Waals surface area contributed by atoms with Crippen LogP contribution >= 0.6 is 15.9 Å². The zero-order valence-corrected chi connectivity index (χ0v) is 14.5. The minimum Gasteiger partial charge on any atom is -0.497 e. The summed E-state index contributed by atoms with van der Waals surface area (Å²) in [5, 5.41) is 3.55. The van der Waals surface area contributed by atoms with Gasteiger partial charge in [0.2, 0.25) is 0 Å². The first-order valence-corrected chi connectivity index (χ1v) is 8.03. The molecule has 1 aromatic rings. The van der Waals surface area contributed by atoms with Gasteiger partial charge in [0.05, 0.1) is 19.8 Å². The SMILES string of the molecule is CCCNC(COC(C)C)Cc1cc(OC)ccc1Br.